The summed E-state index contributed by atoms with van der Waals surface area (Å²) >= 11 is 0. The number of anilines is 2. The number of nitrogens with zero attached hydrogens (tertiary/aromatic N) is 4. The van der Waals surface area contributed by atoms with E-state index in [1.54, 1.807) is 24.4 Å². The van der Waals surface area contributed by atoms with E-state index in [0.29, 0.717) is 36.0 Å². The molecule has 0 bridgehead atoms. The van der Waals surface area contributed by atoms with Gasteiger partial charge >= 0.3 is 6.18 Å². The Kier molecular flexibility index (Phi) is 8.88. The number of H-pyrrole nitrogens is 1. The zero-order chi connectivity index (χ0) is 30.6. The molecule has 0 radical (unpaired) electrons. The summed E-state index contributed by atoms with van der Waals surface area (Å²) in [5.74, 6) is -1.33. The lowest BCUT2D eigenvalue weighted by Gasteiger charge is -2.22. The summed E-state index contributed by atoms with van der Waals surface area (Å²) in [7, 11) is 3.93. The standard InChI is InChI=1S/C31H32F3N7O2/c1-40(2)24-12-14-41(19-24)18-20-6-7-22(15-26(20)31(32,33)34)36-29(42)17-30(43)37-23-8-10-25-27(38-39-28(25)16-23)11-9-21-5-3-4-13-35-21/h3-11,13,15-16,24H,12,14,17-19H2,1-2H3,(H,36,42)(H,37,43)(H,38,39). The van der Waals surface area contributed by atoms with E-state index in [-0.39, 0.29) is 17.8 Å². The van der Waals surface area contributed by atoms with Gasteiger partial charge in [-0.15, -0.1) is 0 Å². The minimum Gasteiger partial charge on any atom is -0.326 e. The van der Waals surface area contributed by atoms with Crippen LogP contribution in [0.25, 0.3) is 23.1 Å². The lowest BCUT2D eigenvalue weighted by molar-refractivity contribution is -0.138. The van der Waals surface area contributed by atoms with Crippen molar-refractivity contribution in [2.24, 2.45) is 0 Å². The maximum Gasteiger partial charge on any atom is 0.416 e. The van der Waals surface area contributed by atoms with E-state index in [9.17, 15) is 22.8 Å². The van der Waals surface area contributed by atoms with Crippen LogP contribution in [0.15, 0.2) is 60.8 Å². The molecular formula is C31H32F3N7O2. The molecule has 1 saturated heterocycles. The topological polar surface area (TPSA) is 106 Å². The molecule has 3 heterocycles. The molecule has 224 valence electrons. The van der Waals surface area contributed by atoms with E-state index in [2.05, 4.69) is 30.7 Å². The number of aromatic nitrogens is 3. The third-order valence-corrected chi connectivity index (χ3v) is 7.37. The number of likely N-dealkylation sites (N-methyl/N-ethyl adjacent to an activating group) is 1. The van der Waals surface area contributed by atoms with Gasteiger partial charge in [-0.3, -0.25) is 24.6 Å². The predicted molar refractivity (Wildman–Crippen MR) is 160 cm³/mol. The van der Waals surface area contributed by atoms with Gasteiger partial charge in [-0.05, 0) is 80.7 Å². The summed E-state index contributed by atoms with van der Waals surface area (Å²) in [6.07, 6.45) is 1.10. The highest BCUT2D eigenvalue weighted by atomic mass is 19.4. The van der Waals surface area contributed by atoms with Crippen molar-refractivity contribution >= 4 is 46.2 Å². The molecule has 3 N–H and O–H groups in total. The number of amides is 2. The molecular weight excluding hydrogens is 559 g/mol. The molecule has 0 aliphatic carbocycles. The Morgan fingerprint density at radius 3 is 2.47 bits per heavy atom. The van der Waals surface area contributed by atoms with E-state index in [1.807, 2.05) is 49.3 Å². The van der Waals surface area contributed by atoms with Gasteiger partial charge in [-0.1, -0.05) is 12.1 Å². The largest absolute Gasteiger partial charge is 0.416 e. The number of carbonyl (C=O) groups excluding carboxylic acids is 2. The lowest BCUT2D eigenvalue weighted by atomic mass is 10.1. The lowest BCUT2D eigenvalue weighted by Crippen LogP contribution is -2.31. The average molecular weight is 592 g/mol. The van der Waals surface area contributed by atoms with Crippen LogP contribution in [0.5, 0.6) is 0 Å². The number of rotatable bonds is 9. The molecule has 5 rings (SSSR count). The second kappa shape index (κ2) is 12.8. The highest BCUT2D eigenvalue weighted by Crippen LogP contribution is 2.35. The summed E-state index contributed by atoms with van der Waals surface area (Å²) in [6, 6.07) is 14.8. The molecule has 1 atom stereocenters. The Morgan fingerprint density at radius 1 is 1.05 bits per heavy atom. The fourth-order valence-corrected chi connectivity index (χ4v) is 5.11. The van der Waals surface area contributed by atoms with Gasteiger partial charge in [0.1, 0.15) is 6.42 Å². The Bertz CT molecular complexity index is 1630. The van der Waals surface area contributed by atoms with Gasteiger partial charge in [-0.25, -0.2) is 0 Å². The first-order valence-corrected chi connectivity index (χ1v) is 13.8. The van der Waals surface area contributed by atoms with Crippen LogP contribution in [0.2, 0.25) is 0 Å². The zero-order valence-electron chi connectivity index (χ0n) is 23.8. The number of carbonyl (C=O) groups is 2. The number of likely N-dealkylation sites (tertiary alicyclic amines) is 1. The van der Waals surface area contributed by atoms with Gasteiger partial charge in [0.25, 0.3) is 0 Å². The number of nitrogens with one attached hydrogen (secondary N) is 3. The Balaban J connectivity index is 1.19. The molecule has 43 heavy (non-hydrogen) atoms. The maximum absolute atomic E-state index is 13.9. The molecule has 12 heteroatoms. The Labute approximate surface area is 246 Å². The van der Waals surface area contributed by atoms with E-state index >= 15 is 0 Å². The molecule has 0 saturated carbocycles. The van der Waals surface area contributed by atoms with Crippen molar-refractivity contribution in [3.63, 3.8) is 0 Å². The number of aromatic amines is 1. The molecule has 1 aliphatic rings. The number of halogens is 3. The van der Waals surface area contributed by atoms with Crippen molar-refractivity contribution < 1.29 is 22.8 Å². The smallest absolute Gasteiger partial charge is 0.326 e. The van der Waals surface area contributed by atoms with Crippen LogP contribution in [-0.4, -0.2) is 70.0 Å². The first kappa shape index (κ1) is 29.9. The number of hydrogen-bond donors (Lipinski definition) is 3. The van der Waals surface area contributed by atoms with E-state index in [1.165, 1.54) is 12.1 Å². The Morgan fingerprint density at radius 2 is 1.79 bits per heavy atom. The molecule has 0 spiro atoms. The van der Waals surface area contributed by atoms with Crippen molar-refractivity contribution in [2.75, 3.05) is 37.8 Å². The van der Waals surface area contributed by atoms with Gasteiger partial charge in [0.05, 0.1) is 22.5 Å². The number of benzene rings is 2. The average Bonchev–Trinajstić information content (AvgIpc) is 3.59. The minimum absolute atomic E-state index is 0.0216. The van der Waals surface area contributed by atoms with Crippen LogP contribution in [0, 0.1) is 0 Å². The first-order chi connectivity index (χ1) is 20.5. The molecule has 2 amide bonds. The molecule has 1 fully saturated rings. The molecule has 2 aromatic heterocycles. The second-order valence-electron chi connectivity index (χ2n) is 10.7. The van der Waals surface area contributed by atoms with Crippen LogP contribution in [0.4, 0.5) is 24.5 Å². The zero-order valence-corrected chi connectivity index (χ0v) is 23.8. The number of hydrogen-bond acceptors (Lipinski definition) is 6. The molecule has 2 aromatic carbocycles. The van der Waals surface area contributed by atoms with Gasteiger partial charge in [0.15, 0.2) is 0 Å². The Hall–Kier alpha value is -4.55. The highest BCUT2D eigenvalue weighted by Gasteiger charge is 2.35. The minimum atomic E-state index is -4.59. The van der Waals surface area contributed by atoms with Gasteiger partial charge in [0.2, 0.25) is 11.8 Å². The van der Waals surface area contributed by atoms with Crippen LogP contribution in [0.1, 0.15) is 35.4 Å². The van der Waals surface area contributed by atoms with Crippen LogP contribution in [0.3, 0.4) is 0 Å². The van der Waals surface area contributed by atoms with Crippen molar-refractivity contribution in [3.05, 3.63) is 83.3 Å². The predicted octanol–water partition coefficient (Wildman–Crippen LogP) is 5.25. The van der Waals surface area contributed by atoms with Crippen LogP contribution >= 0.6 is 0 Å². The molecule has 1 unspecified atom stereocenters. The third kappa shape index (κ3) is 7.65. The van der Waals surface area contributed by atoms with E-state index in [0.717, 1.165) is 23.6 Å². The summed E-state index contributed by atoms with van der Waals surface area (Å²) in [6.45, 7) is 1.57. The van der Waals surface area contributed by atoms with Crippen molar-refractivity contribution in [1.29, 1.82) is 0 Å². The van der Waals surface area contributed by atoms with Crippen molar-refractivity contribution in [3.8, 4) is 0 Å². The van der Waals surface area contributed by atoms with E-state index < -0.39 is 30.0 Å². The van der Waals surface area contributed by atoms with Gasteiger partial charge in [-0.2, -0.15) is 18.3 Å². The van der Waals surface area contributed by atoms with E-state index in [4.69, 9.17) is 0 Å². The second-order valence-corrected chi connectivity index (χ2v) is 10.7. The monoisotopic (exact) mass is 591 g/mol. The SMILES string of the molecule is CN(C)C1CCN(Cc2ccc(NC(=O)CC(=O)Nc3ccc4c(C=Cc5ccccn5)n[nH]c4c3)cc2C(F)(F)F)C1. The molecule has 4 aromatic rings. The number of alkyl halides is 3. The highest BCUT2D eigenvalue weighted by molar-refractivity contribution is 6.08. The third-order valence-electron chi connectivity index (χ3n) is 7.37. The summed E-state index contributed by atoms with van der Waals surface area (Å²) in [5.41, 5.74) is 1.92. The molecule has 9 nitrogen and oxygen atoms in total. The van der Waals surface area contributed by atoms with Crippen LogP contribution < -0.4 is 10.6 Å². The van der Waals surface area contributed by atoms with Gasteiger partial charge in [0, 0.05) is 48.6 Å². The fraction of sp³-hybridized carbons (Fsp3) is 0.290. The molecule has 1 aliphatic heterocycles. The summed E-state index contributed by atoms with van der Waals surface area (Å²) in [5, 5.41) is 13.1. The van der Waals surface area contributed by atoms with Gasteiger partial charge < -0.3 is 15.5 Å². The van der Waals surface area contributed by atoms with Crippen LogP contribution in [-0.2, 0) is 22.3 Å². The summed E-state index contributed by atoms with van der Waals surface area (Å²) < 4.78 is 41.7. The normalized spacial score (nSPS) is 15.9. The number of fused-ring (bicyclic) bond motifs is 1. The van der Waals surface area contributed by atoms with Crippen molar-refractivity contribution in [1.82, 2.24) is 25.0 Å². The van der Waals surface area contributed by atoms with Crippen molar-refractivity contribution in [2.45, 2.75) is 31.6 Å². The summed E-state index contributed by atoms with van der Waals surface area (Å²) in [4.78, 5) is 33.4. The first-order valence-electron chi connectivity index (χ1n) is 13.8. The maximum atomic E-state index is 13.9. The fourth-order valence-electron chi connectivity index (χ4n) is 5.11. The number of pyridine rings is 1. The quantitative estimate of drug-likeness (QED) is 0.230.